The van der Waals surface area contributed by atoms with Gasteiger partial charge in [0.05, 0.1) is 12.4 Å². The van der Waals surface area contributed by atoms with E-state index < -0.39 is 0 Å². The molecule has 0 bridgehead atoms. The van der Waals surface area contributed by atoms with Crippen LogP contribution in [0.2, 0.25) is 0 Å². The SMILES string of the molecule is Cc1ccccc1N1C=C(c2ccc(-c3ccccc3)cc2)N(C)C1. The lowest BCUT2D eigenvalue weighted by Gasteiger charge is -2.21. The summed E-state index contributed by atoms with van der Waals surface area (Å²) in [6.45, 7) is 3.04. The summed E-state index contributed by atoms with van der Waals surface area (Å²) < 4.78 is 0. The summed E-state index contributed by atoms with van der Waals surface area (Å²) in [5, 5.41) is 0. The molecule has 2 heteroatoms. The molecule has 3 aromatic carbocycles. The number of hydrogen-bond donors (Lipinski definition) is 0. The highest BCUT2D eigenvalue weighted by molar-refractivity contribution is 5.74. The number of hydrogen-bond acceptors (Lipinski definition) is 2. The molecule has 0 radical (unpaired) electrons. The second-order valence-corrected chi connectivity index (χ2v) is 6.55. The summed E-state index contributed by atoms with van der Waals surface area (Å²) in [7, 11) is 2.15. The topological polar surface area (TPSA) is 6.48 Å². The Morgan fingerprint density at radius 3 is 2.00 bits per heavy atom. The van der Waals surface area contributed by atoms with Crippen LogP contribution in [0.1, 0.15) is 11.1 Å². The van der Waals surface area contributed by atoms with Crippen molar-refractivity contribution in [2.45, 2.75) is 6.92 Å². The fourth-order valence-corrected chi connectivity index (χ4v) is 3.38. The number of nitrogens with zero attached hydrogens (tertiary/aromatic N) is 2. The molecule has 25 heavy (non-hydrogen) atoms. The minimum absolute atomic E-state index is 0.876. The highest BCUT2D eigenvalue weighted by Crippen LogP contribution is 2.31. The molecule has 0 aliphatic carbocycles. The van der Waals surface area contributed by atoms with Gasteiger partial charge < -0.3 is 9.80 Å². The van der Waals surface area contributed by atoms with Gasteiger partial charge in [0.15, 0.2) is 0 Å². The van der Waals surface area contributed by atoms with E-state index in [4.69, 9.17) is 0 Å². The molecule has 1 aliphatic rings. The van der Waals surface area contributed by atoms with E-state index in [0.29, 0.717) is 0 Å². The van der Waals surface area contributed by atoms with E-state index in [0.717, 1.165) is 6.67 Å². The van der Waals surface area contributed by atoms with Gasteiger partial charge in [-0.1, -0.05) is 72.8 Å². The highest BCUT2D eigenvalue weighted by Gasteiger charge is 2.20. The molecule has 0 N–H and O–H groups in total. The van der Waals surface area contributed by atoms with Crippen LogP contribution in [-0.4, -0.2) is 18.6 Å². The Bertz CT molecular complexity index is 895. The number of para-hydroxylation sites is 1. The molecule has 0 atom stereocenters. The lowest BCUT2D eigenvalue weighted by Crippen LogP contribution is -2.23. The van der Waals surface area contributed by atoms with Gasteiger partial charge in [-0.15, -0.1) is 0 Å². The first kappa shape index (κ1) is 15.5. The van der Waals surface area contributed by atoms with Crippen molar-refractivity contribution in [1.82, 2.24) is 4.90 Å². The van der Waals surface area contributed by atoms with E-state index in [9.17, 15) is 0 Å². The van der Waals surface area contributed by atoms with Crippen LogP contribution in [0.15, 0.2) is 85.1 Å². The molecule has 0 fully saturated rings. The predicted molar refractivity (Wildman–Crippen MR) is 106 cm³/mol. The zero-order valence-electron chi connectivity index (χ0n) is 14.7. The summed E-state index contributed by atoms with van der Waals surface area (Å²) in [4.78, 5) is 4.61. The Kier molecular flexibility index (Phi) is 4.02. The lowest BCUT2D eigenvalue weighted by atomic mass is 10.0. The van der Waals surface area contributed by atoms with Crippen molar-refractivity contribution in [1.29, 1.82) is 0 Å². The van der Waals surface area contributed by atoms with Crippen LogP contribution < -0.4 is 4.90 Å². The molecule has 0 unspecified atom stereocenters. The minimum atomic E-state index is 0.876. The summed E-state index contributed by atoms with van der Waals surface area (Å²) in [6.07, 6.45) is 2.25. The smallest absolute Gasteiger partial charge is 0.0944 e. The van der Waals surface area contributed by atoms with E-state index in [1.54, 1.807) is 0 Å². The standard InChI is InChI=1S/C23H22N2/c1-18-8-6-7-11-22(18)25-16-23(24(2)17-25)21-14-12-20(13-15-21)19-9-4-3-5-10-19/h3-16H,17H2,1-2H3. The Balaban J connectivity index is 1.63. The van der Waals surface area contributed by atoms with Crippen LogP contribution in [-0.2, 0) is 0 Å². The van der Waals surface area contributed by atoms with Crippen LogP contribution in [0.4, 0.5) is 5.69 Å². The van der Waals surface area contributed by atoms with Gasteiger partial charge in [-0.05, 0) is 35.2 Å². The zero-order chi connectivity index (χ0) is 17.2. The van der Waals surface area contributed by atoms with Gasteiger partial charge in [-0.2, -0.15) is 0 Å². The first-order chi connectivity index (χ1) is 12.2. The van der Waals surface area contributed by atoms with E-state index in [1.165, 1.54) is 33.6 Å². The molecular weight excluding hydrogens is 304 g/mol. The van der Waals surface area contributed by atoms with Gasteiger partial charge in [0.2, 0.25) is 0 Å². The van der Waals surface area contributed by atoms with Crippen LogP contribution in [0.5, 0.6) is 0 Å². The van der Waals surface area contributed by atoms with Crippen molar-refractivity contribution < 1.29 is 0 Å². The Hall–Kier alpha value is -3.00. The third kappa shape index (κ3) is 3.03. The zero-order valence-corrected chi connectivity index (χ0v) is 14.7. The Labute approximate surface area is 149 Å². The lowest BCUT2D eigenvalue weighted by molar-refractivity contribution is 0.516. The maximum Gasteiger partial charge on any atom is 0.0944 e. The van der Waals surface area contributed by atoms with E-state index in [1.807, 2.05) is 0 Å². The van der Waals surface area contributed by atoms with Crippen LogP contribution >= 0.6 is 0 Å². The first-order valence-electron chi connectivity index (χ1n) is 8.63. The summed E-state index contributed by atoms with van der Waals surface area (Å²) in [5.41, 5.74) is 7.57. The summed E-state index contributed by atoms with van der Waals surface area (Å²) >= 11 is 0. The molecular formula is C23H22N2. The van der Waals surface area contributed by atoms with Crippen molar-refractivity contribution in [3.8, 4) is 11.1 Å². The molecule has 0 aromatic heterocycles. The van der Waals surface area contributed by atoms with E-state index in [2.05, 4.69) is 109 Å². The van der Waals surface area contributed by atoms with Crippen molar-refractivity contribution in [3.05, 3.63) is 96.2 Å². The van der Waals surface area contributed by atoms with Crippen LogP contribution in [0.25, 0.3) is 16.8 Å². The number of aryl methyl sites for hydroxylation is 1. The van der Waals surface area contributed by atoms with E-state index >= 15 is 0 Å². The molecule has 0 amide bonds. The van der Waals surface area contributed by atoms with Gasteiger partial charge in [0.25, 0.3) is 0 Å². The molecule has 0 spiro atoms. The van der Waals surface area contributed by atoms with Crippen molar-refractivity contribution >= 4 is 11.4 Å². The maximum absolute atomic E-state index is 2.32. The van der Waals surface area contributed by atoms with Crippen molar-refractivity contribution in [2.24, 2.45) is 0 Å². The van der Waals surface area contributed by atoms with Gasteiger partial charge in [0.1, 0.15) is 0 Å². The fraction of sp³-hybridized carbons (Fsp3) is 0.130. The quantitative estimate of drug-likeness (QED) is 0.638. The number of benzene rings is 3. The molecule has 4 rings (SSSR count). The predicted octanol–water partition coefficient (Wildman–Crippen LogP) is 5.37. The average Bonchev–Trinajstić information content (AvgIpc) is 3.04. The van der Waals surface area contributed by atoms with Crippen LogP contribution in [0.3, 0.4) is 0 Å². The Morgan fingerprint density at radius 2 is 1.28 bits per heavy atom. The number of anilines is 1. The normalized spacial score (nSPS) is 13.9. The third-order valence-corrected chi connectivity index (χ3v) is 4.77. The van der Waals surface area contributed by atoms with Gasteiger partial charge >= 0.3 is 0 Å². The highest BCUT2D eigenvalue weighted by atomic mass is 15.3. The molecule has 1 aliphatic heterocycles. The second kappa shape index (κ2) is 6.48. The molecule has 3 aromatic rings. The van der Waals surface area contributed by atoms with Gasteiger partial charge in [-0.3, -0.25) is 0 Å². The number of rotatable bonds is 3. The first-order valence-corrected chi connectivity index (χ1v) is 8.63. The summed E-state index contributed by atoms with van der Waals surface area (Å²) in [6, 6.07) is 27.9. The Morgan fingerprint density at radius 1 is 0.680 bits per heavy atom. The molecule has 1 heterocycles. The third-order valence-electron chi connectivity index (χ3n) is 4.77. The van der Waals surface area contributed by atoms with Crippen LogP contribution in [0, 0.1) is 6.92 Å². The molecule has 2 nitrogen and oxygen atoms in total. The van der Waals surface area contributed by atoms with Crippen molar-refractivity contribution in [3.63, 3.8) is 0 Å². The maximum atomic E-state index is 2.32. The van der Waals surface area contributed by atoms with E-state index in [-0.39, 0.29) is 0 Å². The second-order valence-electron chi connectivity index (χ2n) is 6.55. The monoisotopic (exact) mass is 326 g/mol. The minimum Gasteiger partial charge on any atom is -0.355 e. The van der Waals surface area contributed by atoms with Gasteiger partial charge in [0, 0.05) is 18.9 Å². The molecule has 0 saturated heterocycles. The largest absolute Gasteiger partial charge is 0.355 e. The molecule has 0 saturated carbocycles. The molecule has 124 valence electrons. The summed E-state index contributed by atoms with van der Waals surface area (Å²) in [5.74, 6) is 0. The fourth-order valence-electron chi connectivity index (χ4n) is 3.38. The van der Waals surface area contributed by atoms with Crippen molar-refractivity contribution in [2.75, 3.05) is 18.6 Å². The van der Waals surface area contributed by atoms with Gasteiger partial charge in [-0.25, -0.2) is 0 Å². The average molecular weight is 326 g/mol.